The van der Waals surface area contributed by atoms with E-state index in [0.29, 0.717) is 11.6 Å². The summed E-state index contributed by atoms with van der Waals surface area (Å²) >= 11 is 6.00. The van der Waals surface area contributed by atoms with Gasteiger partial charge in [-0.25, -0.2) is 0 Å². The van der Waals surface area contributed by atoms with E-state index in [9.17, 15) is 0 Å². The van der Waals surface area contributed by atoms with Crippen LogP contribution < -0.4 is 10.2 Å². The van der Waals surface area contributed by atoms with Gasteiger partial charge in [0.15, 0.2) is 0 Å². The maximum atomic E-state index is 6.00. The van der Waals surface area contributed by atoms with Crippen LogP contribution in [-0.4, -0.2) is 6.21 Å². The molecule has 3 rings (SSSR count). The molecule has 1 N–H and O–H groups in total. The van der Waals surface area contributed by atoms with Crippen LogP contribution in [0.5, 0.6) is 5.75 Å². The van der Waals surface area contributed by atoms with Gasteiger partial charge in [0, 0.05) is 10.6 Å². The molecule has 0 saturated heterocycles. The molecule has 120 valence electrons. The molecular formula is C20H17ClN2O. The molecule has 0 amide bonds. The molecule has 0 bridgehead atoms. The second-order valence-corrected chi connectivity index (χ2v) is 5.63. The van der Waals surface area contributed by atoms with Gasteiger partial charge in [0.1, 0.15) is 12.4 Å². The molecule has 0 atom stereocenters. The van der Waals surface area contributed by atoms with Crippen LogP contribution in [0.4, 0.5) is 5.69 Å². The summed E-state index contributed by atoms with van der Waals surface area (Å²) in [6, 6.07) is 25.2. The van der Waals surface area contributed by atoms with Gasteiger partial charge in [-0.1, -0.05) is 54.1 Å². The van der Waals surface area contributed by atoms with Gasteiger partial charge in [-0.05, 0) is 42.0 Å². The number of rotatable bonds is 6. The average molecular weight is 337 g/mol. The normalized spacial score (nSPS) is 10.7. The van der Waals surface area contributed by atoms with Crippen LogP contribution in [-0.2, 0) is 6.61 Å². The number of benzene rings is 3. The van der Waals surface area contributed by atoms with Crippen molar-refractivity contribution in [3.63, 3.8) is 0 Å². The highest BCUT2D eigenvalue weighted by molar-refractivity contribution is 6.30. The Labute approximate surface area is 146 Å². The van der Waals surface area contributed by atoms with Gasteiger partial charge in [-0.2, -0.15) is 5.10 Å². The summed E-state index contributed by atoms with van der Waals surface area (Å²) in [7, 11) is 0. The number of ether oxygens (including phenoxy) is 1. The Balaban J connectivity index is 1.66. The average Bonchev–Trinajstić information content (AvgIpc) is 2.62. The number of anilines is 1. The van der Waals surface area contributed by atoms with Crippen molar-refractivity contribution >= 4 is 23.5 Å². The summed E-state index contributed by atoms with van der Waals surface area (Å²) in [4.78, 5) is 0. The van der Waals surface area contributed by atoms with Crippen LogP contribution >= 0.6 is 11.6 Å². The minimum absolute atomic E-state index is 0.456. The maximum absolute atomic E-state index is 6.00. The topological polar surface area (TPSA) is 33.6 Å². The van der Waals surface area contributed by atoms with E-state index in [-0.39, 0.29) is 0 Å². The van der Waals surface area contributed by atoms with Gasteiger partial charge in [0.2, 0.25) is 0 Å². The Morgan fingerprint density at radius 1 is 0.917 bits per heavy atom. The Bertz CT molecular complexity index is 819. The van der Waals surface area contributed by atoms with Crippen LogP contribution in [0.1, 0.15) is 11.1 Å². The van der Waals surface area contributed by atoms with Crippen molar-refractivity contribution in [3.05, 3.63) is 95.0 Å². The largest absolute Gasteiger partial charge is 0.488 e. The number of hydrogen-bond acceptors (Lipinski definition) is 3. The zero-order valence-electron chi connectivity index (χ0n) is 13.0. The van der Waals surface area contributed by atoms with Crippen molar-refractivity contribution in [2.45, 2.75) is 6.61 Å². The fourth-order valence-corrected chi connectivity index (χ4v) is 2.41. The van der Waals surface area contributed by atoms with E-state index < -0.39 is 0 Å². The summed E-state index contributed by atoms with van der Waals surface area (Å²) in [6.45, 7) is 0.456. The van der Waals surface area contributed by atoms with Gasteiger partial charge >= 0.3 is 0 Å². The molecule has 0 aliphatic heterocycles. The van der Waals surface area contributed by atoms with Crippen LogP contribution in [0.25, 0.3) is 0 Å². The van der Waals surface area contributed by atoms with Gasteiger partial charge in [-0.15, -0.1) is 0 Å². The lowest BCUT2D eigenvalue weighted by atomic mass is 10.2. The highest BCUT2D eigenvalue weighted by Gasteiger charge is 2.02. The first-order valence-electron chi connectivity index (χ1n) is 7.62. The molecule has 0 aromatic heterocycles. The zero-order chi connectivity index (χ0) is 16.6. The summed E-state index contributed by atoms with van der Waals surface area (Å²) in [5.74, 6) is 0.774. The number of halogens is 1. The van der Waals surface area contributed by atoms with Crippen molar-refractivity contribution in [1.82, 2.24) is 0 Å². The Morgan fingerprint density at radius 2 is 1.71 bits per heavy atom. The highest BCUT2D eigenvalue weighted by Crippen LogP contribution is 2.19. The molecule has 24 heavy (non-hydrogen) atoms. The number of para-hydroxylation sites is 2. The molecule has 4 heteroatoms. The first kappa shape index (κ1) is 16.1. The van der Waals surface area contributed by atoms with Crippen LogP contribution in [0.2, 0.25) is 5.02 Å². The third-order valence-corrected chi connectivity index (χ3v) is 3.61. The predicted molar refractivity (Wildman–Crippen MR) is 99.9 cm³/mol. The molecular weight excluding hydrogens is 320 g/mol. The standard InChI is InChI=1S/C20H17ClN2O/c21-18-9-6-7-16(13-18)15-24-20-12-5-4-8-17(20)14-22-23-19-10-2-1-3-11-19/h1-14,23H,15H2/b22-14+. The molecule has 0 unspecified atom stereocenters. The molecule has 0 radical (unpaired) electrons. The van der Waals surface area contributed by atoms with E-state index in [1.54, 1.807) is 6.21 Å². The number of hydrogen-bond donors (Lipinski definition) is 1. The van der Waals surface area contributed by atoms with Crippen molar-refractivity contribution in [2.75, 3.05) is 5.43 Å². The molecule has 0 saturated carbocycles. The van der Waals surface area contributed by atoms with E-state index in [4.69, 9.17) is 16.3 Å². The minimum Gasteiger partial charge on any atom is -0.488 e. The summed E-state index contributed by atoms with van der Waals surface area (Å²) in [6.07, 6.45) is 1.75. The summed E-state index contributed by atoms with van der Waals surface area (Å²) in [5.41, 5.74) is 5.86. The van der Waals surface area contributed by atoms with E-state index >= 15 is 0 Å². The van der Waals surface area contributed by atoms with E-state index in [1.165, 1.54) is 0 Å². The smallest absolute Gasteiger partial charge is 0.128 e. The van der Waals surface area contributed by atoms with Gasteiger partial charge in [0.05, 0.1) is 11.9 Å². The van der Waals surface area contributed by atoms with Crippen molar-refractivity contribution in [2.24, 2.45) is 5.10 Å². The molecule has 3 aromatic rings. The highest BCUT2D eigenvalue weighted by atomic mass is 35.5. The number of nitrogens with one attached hydrogen (secondary N) is 1. The summed E-state index contributed by atoms with van der Waals surface area (Å²) in [5, 5.41) is 4.97. The third-order valence-electron chi connectivity index (χ3n) is 3.37. The fourth-order valence-electron chi connectivity index (χ4n) is 2.20. The summed E-state index contributed by atoms with van der Waals surface area (Å²) < 4.78 is 5.90. The molecule has 0 heterocycles. The SMILES string of the molecule is Clc1cccc(COc2ccccc2/C=N/Nc2ccccc2)c1. The number of nitrogens with zero attached hydrogens (tertiary/aromatic N) is 1. The van der Waals surface area contributed by atoms with Gasteiger partial charge in [-0.3, -0.25) is 5.43 Å². The second kappa shape index (κ2) is 8.18. The number of hydrazone groups is 1. The fraction of sp³-hybridized carbons (Fsp3) is 0.0500. The minimum atomic E-state index is 0.456. The quantitative estimate of drug-likeness (QED) is 0.485. The van der Waals surface area contributed by atoms with E-state index in [1.807, 2.05) is 78.9 Å². The molecule has 3 nitrogen and oxygen atoms in total. The molecule has 0 aliphatic carbocycles. The maximum Gasteiger partial charge on any atom is 0.128 e. The van der Waals surface area contributed by atoms with Crippen LogP contribution in [0, 0.1) is 0 Å². The van der Waals surface area contributed by atoms with Crippen LogP contribution in [0.15, 0.2) is 84.0 Å². The van der Waals surface area contributed by atoms with E-state index in [2.05, 4.69) is 10.5 Å². The van der Waals surface area contributed by atoms with Gasteiger partial charge in [0.25, 0.3) is 0 Å². The van der Waals surface area contributed by atoms with Crippen LogP contribution in [0.3, 0.4) is 0 Å². The monoisotopic (exact) mass is 336 g/mol. The Kier molecular flexibility index (Phi) is 5.48. The molecule has 0 fully saturated rings. The Morgan fingerprint density at radius 3 is 2.54 bits per heavy atom. The van der Waals surface area contributed by atoms with Crippen molar-refractivity contribution in [1.29, 1.82) is 0 Å². The first-order chi connectivity index (χ1) is 11.8. The Hall–Kier alpha value is -2.78. The van der Waals surface area contributed by atoms with Gasteiger partial charge < -0.3 is 4.74 Å². The lowest BCUT2D eigenvalue weighted by Gasteiger charge is -2.09. The van der Waals surface area contributed by atoms with E-state index in [0.717, 1.165) is 22.6 Å². The lowest BCUT2D eigenvalue weighted by molar-refractivity contribution is 0.306. The second-order valence-electron chi connectivity index (χ2n) is 5.19. The molecule has 3 aromatic carbocycles. The lowest BCUT2D eigenvalue weighted by Crippen LogP contribution is -1.99. The molecule has 0 spiro atoms. The zero-order valence-corrected chi connectivity index (χ0v) is 13.8. The third kappa shape index (κ3) is 4.61. The van der Waals surface area contributed by atoms with Crippen molar-refractivity contribution < 1.29 is 4.74 Å². The van der Waals surface area contributed by atoms with Crippen molar-refractivity contribution in [3.8, 4) is 5.75 Å². The molecule has 0 aliphatic rings. The first-order valence-corrected chi connectivity index (χ1v) is 7.99. The predicted octanol–water partition coefficient (Wildman–Crippen LogP) is 5.37.